The Balaban J connectivity index is 1.40. The summed E-state index contributed by atoms with van der Waals surface area (Å²) in [6.45, 7) is 4.96. The Labute approximate surface area is 157 Å². The third-order valence-corrected chi connectivity index (χ3v) is 5.39. The number of nitrogens with one attached hydrogen (secondary N) is 3. The summed E-state index contributed by atoms with van der Waals surface area (Å²) in [4.78, 5) is 22.5. The SMILES string of the molecule is CCC(=O)N1CCC(NC(=NC)NCCNc2nc3ccccc3s2)C1. The average Bonchev–Trinajstić information content (AvgIpc) is 3.29. The molecule has 3 N–H and O–H groups in total. The van der Waals surface area contributed by atoms with Gasteiger partial charge in [-0.3, -0.25) is 9.79 Å². The summed E-state index contributed by atoms with van der Waals surface area (Å²) in [5.74, 6) is 0.990. The zero-order valence-electron chi connectivity index (χ0n) is 15.3. The van der Waals surface area contributed by atoms with Crippen molar-refractivity contribution in [3.05, 3.63) is 24.3 Å². The average molecular weight is 375 g/mol. The predicted molar refractivity (Wildman–Crippen MR) is 108 cm³/mol. The number of likely N-dealkylation sites (tertiary alicyclic amines) is 1. The van der Waals surface area contributed by atoms with Gasteiger partial charge in [-0.25, -0.2) is 4.98 Å². The highest BCUT2D eigenvalue weighted by Crippen LogP contribution is 2.24. The number of rotatable bonds is 6. The number of carbonyl (C=O) groups excluding carboxylic acids is 1. The lowest BCUT2D eigenvalue weighted by Crippen LogP contribution is -2.46. The van der Waals surface area contributed by atoms with E-state index in [1.807, 2.05) is 30.0 Å². The van der Waals surface area contributed by atoms with Crippen LogP contribution in [0.4, 0.5) is 5.13 Å². The number of guanidine groups is 1. The molecule has 1 aliphatic rings. The molecule has 2 aromatic rings. The molecular weight excluding hydrogens is 348 g/mol. The van der Waals surface area contributed by atoms with Crippen molar-refractivity contribution in [3.63, 3.8) is 0 Å². The number of anilines is 1. The van der Waals surface area contributed by atoms with E-state index in [1.54, 1.807) is 18.4 Å². The molecule has 1 aliphatic heterocycles. The van der Waals surface area contributed by atoms with Crippen LogP contribution in [0.3, 0.4) is 0 Å². The van der Waals surface area contributed by atoms with Crippen LogP contribution in [0, 0.1) is 0 Å². The number of hydrogen-bond donors (Lipinski definition) is 3. The number of fused-ring (bicyclic) bond motifs is 1. The van der Waals surface area contributed by atoms with E-state index in [9.17, 15) is 4.79 Å². The lowest BCUT2D eigenvalue weighted by molar-refractivity contribution is -0.129. The quantitative estimate of drug-likeness (QED) is 0.409. The van der Waals surface area contributed by atoms with Crippen LogP contribution in [-0.4, -0.2) is 61.0 Å². The second-order valence-electron chi connectivity index (χ2n) is 6.24. The first kappa shape index (κ1) is 18.4. The third kappa shape index (κ3) is 4.63. The summed E-state index contributed by atoms with van der Waals surface area (Å²) in [6.07, 6.45) is 1.52. The topological polar surface area (TPSA) is 81.7 Å². The number of thiazole rings is 1. The number of aromatic nitrogens is 1. The van der Waals surface area contributed by atoms with E-state index < -0.39 is 0 Å². The molecule has 1 atom stereocenters. The van der Waals surface area contributed by atoms with Crippen LogP contribution in [0.25, 0.3) is 10.2 Å². The standard InChI is InChI=1S/C18H26N6OS/c1-3-16(25)24-11-8-13(12-24)22-17(19-2)20-9-10-21-18-23-14-6-4-5-7-15(14)26-18/h4-7,13H,3,8-12H2,1-2H3,(H,21,23)(H2,19,20,22). The normalized spacial score (nSPS) is 17.5. The molecular formula is C18H26N6OS. The monoisotopic (exact) mass is 374 g/mol. The molecule has 7 nitrogen and oxygen atoms in total. The van der Waals surface area contributed by atoms with E-state index in [0.29, 0.717) is 6.42 Å². The Bertz CT molecular complexity index is 741. The highest BCUT2D eigenvalue weighted by Gasteiger charge is 2.25. The highest BCUT2D eigenvalue weighted by atomic mass is 32.1. The molecule has 1 fully saturated rings. The first-order valence-corrected chi connectivity index (χ1v) is 9.85. The number of para-hydroxylation sites is 1. The fraction of sp³-hybridized carbons (Fsp3) is 0.500. The second-order valence-corrected chi connectivity index (χ2v) is 7.27. The molecule has 1 aromatic heterocycles. The number of carbonyl (C=O) groups is 1. The molecule has 26 heavy (non-hydrogen) atoms. The predicted octanol–water partition coefficient (Wildman–Crippen LogP) is 1.88. The van der Waals surface area contributed by atoms with Gasteiger partial charge in [-0.2, -0.15) is 0 Å². The van der Waals surface area contributed by atoms with Crippen molar-refractivity contribution < 1.29 is 4.79 Å². The maximum absolute atomic E-state index is 11.8. The summed E-state index contributed by atoms with van der Waals surface area (Å²) >= 11 is 1.66. The van der Waals surface area contributed by atoms with Crippen molar-refractivity contribution in [3.8, 4) is 0 Å². The van der Waals surface area contributed by atoms with Crippen molar-refractivity contribution in [1.29, 1.82) is 0 Å². The molecule has 1 saturated heterocycles. The van der Waals surface area contributed by atoms with Gasteiger partial charge in [-0.1, -0.05) is 30.4 Å². The molecule has 1 amide bonds. The molecule has 0 spiro atoms. The summed E-state index contributed by atoms with van der Waals surface area (Å²) in [5, 5.41) is 11.0. The van der Waals surface area contributed by atoms with Crippen LogP contribution in [0.15, 0.2) is 29.3 Å². The largest absolute Gasteiger partial charge is 0.360 e. The van der Waals surface area contributed by atoms with E-state index in [4.69, 9.17) is 0 Å². The maximum atomic E-state index is 11.8. The lowest BCUT2D eigenvalue weighted by Gasteiger charge is -2.18. The Hall–Kier alpha value is -2.35. The molecule has 8 heteroatoms. The molecule has 1 aromatic carbocycles. The van der Waals surface area contributed by atoms with E-state index in [2.05, 4.69) is 32.0 Å². The van der Waals surface area contributed by atoms with Gasteiger partial charge < -0.3 is 20.9 Å². The molecule has 0 saturated carbocycles. The van der Waals surface area contributed by atoms with Gasteiger partial charge in [0.15, 0.2) is 11.1 Å². The first-order chi connectivity index (χ1) is 12.7. The minimum atomic E-state index is 0.220. The number of benzene rings is 1. The van der Waals surface area contributed by atoms with Gasteiger partial charge in [0.05, 0.1) is 10.2 Å². The molecule has 3 rings (SSSR count). The van der Waals surface area contributed by atoms with Crippen molar-refractivity contribution >= 4 is 38.6 Å². The molecule has 0 aliphatic carbocycles. The zero-order chi connectivity index (χ0) is 18.4. The summed E-state index contributed by atoms with van der Waals surface area (Å²) in [5.41, 5.74) is 1.03. The van der Waals surface area contributed by atoms with Crippen LogP contribution in [0.1, 0.15) is 19.8 Å². The van der Waals surface area contributed by atoms with Gasteiger partial charge in [0.1, 0.15) is 0 Å². The van der Waals surface area contributed by atoms with Crippen molar-refractivity contribution in [2.75, 3.05) is 38.5 Å². The van der Waals surface area contributed by atoms with Crippen LogP contribution in [0.2, 0.25) is 0 Å². The van der Waals surface area contributed by atoms with Crippen molar-refractivity contribution in [2.45, 2.75) is 25.8 Å². The Morgan fingerprint density at radius 2 is 2.23 bits per heavy atom. The second kappa shape index (κ2) is 8.84. The number of amides is 1. The van der Waals surface area contributed by atoms with Crippen molar-refractivity contribution in [1.82, 2.24) is 20.5 Å². The minimum absolute atomic E-state index is 0.220. The first-order valence-electron chi connectivity index (χ1n) is 9.04. The van der Waals surface area contributed by atoms with Crippen molar-refractivity contribution in [2.24, 2.45) is 4.99 Å². The molecule has 140 valence electrons. The Kier molecular flexibility index (Phi) is 6.27. The number of aliphatic imine (C=N–C) groups is 1. The molecule has 0 radical (unpaired) electrons. The van der Waals surface area contributed by atoms with Gasteiger partial charge in [0, 0.05) is 45.7 Å². The molecule has 1 unspecified atom stereocenters. The number of hydrogen-bond acceptors (Lipinski definition) is 5. The lowest BCUT2D eigenvalue weighted by atomic mass is 10.3. The van der Waals surface area contributed by atoms with Crippen LogP contribution >= 0.6 is 11.3 Å². The van der Waals surface area contributed by atoms with Crippen LogP contribution in [-0.2, 0) is 4.79 Å². The van der Waals surface area contributed by atoms with Gasteiger partial charge >= 0.3 is 0 Å². The Morgan fingerprint density at radius 1 is 1.38 bits per heavy atom. The number of nitrogens with zero attached hydrogens (tertiary/aromatic N) is 3. The highest BCUT2D eigenvalue weighted by molar-refractivity contribution is 7.22. The fourth-order valence-electron chi connectivity index (χ4n) is 3.01. The third-order valence-electron chi connectivity index (χ3n) is 4.40. The minimum Gasteiger partial charge on any atom is -0.360 e. The van der Waals surface area contributed by atoms with E-state index in [0.717, 1.165) is 49.2 Å². The molecule has 2 heterocycles. The van der Waals surface area contributed by atoms with Gasteiger partial charge in [-0.15, -0.1) is 0 Å². The van der Waals surface area contributed by atoms with E-state index in [1.165, 1.54) is 4.70 Å². The maximum Gasteiger partial charge on any atom is 0.222 e. The van der Waals surface area contributed by atoms with Crippen LogP contribution < -0.4 is 16.0 Å². The molecule has 0 bridgehead atoms. The van der Waals surface area contributed by atoms with Gasteiger partial charge in [-0.05, 0) is 18.6 Å². The van der Waals surface area contributed by atoms with Gasteiger partial charge in [0.25, 0.3) is 0 Å². The van der Waals surface area contributed by atoms with E-state index >= 15 is 0 Å². The summed E-state index contributed by atoms with van der Waals surface area (Å²) in [7, 11) is 1.76. The summed E-state index contributed by atoms with van der Waals surface area (Å²) < 4.78 is 1.19. The zero-order valence-corrected chi connectivity index (χ0v) is 16.1. The van der Waals surface area contributed by atoms with Gasteiger partial charge in [0.2, 0.25) is 5.91 Å². The summed E-state index contributed by atoms with van der Waals surface area (Å²) in [6, 6.07) is 8.39. The Morgan fingerprint density at radius 3 is 3.00 bits per heavy atom. The van der Waals surface area contributed by atoms with E-state index in [-0.39, 0.29) is 11.9 Å². The fourth-order valence-corrected chi connectivity index (χ4v) is 3.91. The smallest absolute Gasteiger partial charge is 0.222 e. The van der Waals surface area contributed by atoms with Crippen LogP contribution in [0.5, 0.6) is 0 Å².